The maximum atomic E-state index is 12.0. The van der Waals surface area contributed by atoms with Crippen LogP contribution in [0.5, 0.6) is 0 Å². The lowest BCUT2D eigenvalue weighted by Crippen LogP contribution is -2.43. The van der Waals surface area contributed by atoms with Crippen LogP contribution in [-0.4, -0.2) is 55.3 Å². The van der Waals surface area contributed by atoms with E-state index in [1.807, 2.05) is 21.1 Å². The molecule has 0 heterocycles. The van der Waals surface area contributed by atoms with Crippen LogP contribution in [0.4, 0.5) is 0 Å². The van der Waals surface area contributed by atoms with Gasteiger partial charge in [-0.15, -0.1) is 0 Å². The van der Waals surface area contributed by atoms with Crippen molar-refractivity contribution >= 4 is 11.9 Å². The summed E-state index contributed by atoms with van der Waals surface area (Å²) in [5.74, 6) is -1.21. The lowest BCUT2D eigenvalue weighted by molar-refractivity contribution is -0.873. The van der Waals surface area contributed by atoms with Crippen LogP contribution in [0.3, 0.4) is 0 Å². The first kappa shape index (κ1) is 28.4. The predicted octanol–water partition coefficient (Wildman–Crippen LogP) is 5.89. The average Bonchev–Trinajstić information content (AvgIpc) is 2.63. The van der Waals surface area contributed by atoms with E-state index in [0.29, 0.717) is 17.4 Å². The zero-order valence-corrected chi connectivity index (χ0v) is 19.9. The first-order chi connectivity index (χ1) is 14.2. The molecule has 0 aliphatic rings. The summed E-state index contributed by atoms with van der Waals surface area (Å²) >= 11 is 0. The number of hydrogen-bond acceptors (Lipinski definition) is 3. The predicted molar refractivity (Wildman–Crippen MR) is 124 cm³/mol. The highest BCUT2D eigenvalue weighted by molar-refractivity contribution is 5.71. The van der Waals surface area contributed by atoms with Crippen LogP contribution in [-0.2, 0) is 14.3 Å². The van der Waals surface area contributed by atoms with Crippen LogP contribution >= 0.6 is 0 Å². The maximum Gasteiger partial charge on any atom is 0.307 e. The Morgan fingerprint density at radius 2 is 1.43 bits per heavy atom. The van der Waals surface area contributed by atoms with E-state index in [4.69, 9.17) is 9.84 Å². The van der Waals surface area contributed by atoms with Gasteiger partial charge in [0.05, 0.1) is 27.6 Å². The summed E-state index contributed by atoms with van der Waals surface area (Å²) in [6.45, 7) is 2.73. The van der Waals surface area contributed by atoms with Crippen LogP contribution in [0.15, 0.2) is 24.3 Å². The molecule has 0 bridgehead atoms. The Balaban J connectivity index is 3.71. The molecule has 0 rings (SSSR count). The molecule has 0 aliphatic heterocycles. The monoisotopic (exact) mass is 424 g/mol. The van der Waals surface area contributed by atoms with Crippen molar-refractivity contribution in [3.8, 4) is 0 Å². The van der Waals surface area contributed by atoms with Crippen molar-refractivity contribution in [1.29, 1.82) is 0 Å². The summed E-state index contributed by atoms with van der Waals surface area (Å²) in [4.78, 5) is 23.0. The van der Waals surface area contributed by atoms with E-state index in [1.54, 1.807) is 0 Å². The summed E-state index contributed by atoms with van der Waals surface area (Å²) < 4.78 is 5.97. The third-order valence-corrected chi connectivity index (χ3v) is 4.78. The van der Waals surface area contributed by atoms with Crippen molar-refractivity contribution < 1.29 is 23.9 Å². The Kier molecular flexibility index (Phi) is 17.2. The van der Waals surface area contributed by atoms with Crippen molar-refractivity contribution in [3.05, 3.63) is 24.3 Å². The van der Waals surface area contributed by atoms with Gasteiger partial charge >= 0.3 is 11.9 Å². The second-order valence-electron chi connectivity index (χ2n) is 9.16. The number of carbonyl (C=O) groups excluding carboxylic acids is 1. The van der Waals surface area contributed by atoms with Crippen LogP contribution in [0.1, 0.15) is 90.4 Å². The normalized spacial score (nSPS) is 13.2. The maximum absolute atomic E-state index is 12.0. The van der Waals surface area contributed by atoms with Gasteiger partial charge in [0.2, 0.25) is 0 Å². The molecule has 0 aromatic rings. The molecule has 174 valence electrons. The number of carboxylic acid groups (broad SMARTS) is 1. The van der Waals surface area contributed by atoms with Gasteiger partial charge in [-0.2, -0.15) is 0 Å². The SMILES string of the molecule is CCCCC/C=C/C/C=C/CCCCCCCC(=O)O[C@H](CC(=O)O)C[N+](C)(C)C. The minimum Gasteiger partial charge on any atom is -0.481 e. The number of allylic oxidation sites excluding steroid dienone is 4. The molecule has 0 radical (unpaired) electrons. The molecule has 0 aliphatic carbocycles. The molecule has 1 atom stereocenters. The molecule has 0 amide bonds. The van der Waals surface area contributed by atoms with Gasteiger partial charge in [-0.05, 0) is 38.5 Å². The van der Waals surface area contributed by atoms with E-state index >= 15 is 0 Å². The second-order valence-corrected chi connectivity index (χ2v) is 9.16. The zero-order valence-electron chi connectivity index (χ0n) is 19.9. The highest BCUT2D eigenvalue weighted by atomic mass is 16.5. The van der Waals surface area contributed by atoms with E-state index in [0.717, 1.165) is 32.1 Å². The summed E-state index contributed by atoms with van der Waals surface area (Å²) in [6.07, 6.45) is 21.3. The first-order valence-corrected chi connectivity index (χ1v) is 11.8. The fourth-order valence-electron chi connectivity index (χ4n) is 3.27. The molecular weight excluding hydrogens is 378 g/mol. The van der Waals surface area contributed by atoms with Gasteiger partial charge in [0.25, 0.3) is 0 Å². The number of unbranched alkanes of at least 4 members (excludes halogenated alkanes) is 8. The van der Waals surface area contributed by atoms with Gasteiger partial charge in [0.15, 0.2) is 6.10 Å². The Hall–Kier alpha value is -1.62. The number of hydrogen-bond donors (Lipinski definition) is 1. The molecule has 0 fully saturated rings. The van der Waals surface area contributed by atoms with Crippen molar-refractivity contribution in [3.63, 3.8) is 0 Å². The summed E-state index contributed by atoms with van der Waals surface area (Å²) in [5, 5.41) is 9.00. The van der Waals surface area contributed by atoms with Crippen molar-refractivity contribution in [1.82, 2.24) is 0 Å². The lowest BCUT2D eigenvalue weighted by atomic mass is 10.1. The van der Waals surface area contributed by atoms with Gasteiger partial charge in [0.1, 0.15) is 6.54 Å². The second kappa shape index (κ2) is 18.2. The number of quaternary nitrogens is 1. The highest BCUT2D eigenvalue weighted by Crippen LogP contribution is 2.11. The van der Waals surface area contributed by atoms with Crippen molar-refractivity contribution in [2.75, 3.05) is 27.7 Å². The fourth-order valence-corrected chi connectivity index (χ4v) is 3.27. The van der Waals surface area contributed by atoms with E-state index in [2.05, 4.69) is 31.2 Å². The molecule has 0 spiro atoms. The minimum atomic E-state index is -0.932. The van der Waals surface area contributed by atoms with E-state index in [1.165, 1.54) is 38.5 Å². The Labute approximate surface area is 184 Å². The average molecular weight is 425 g/mol. The number of carbonyl (C=O) groups is 2. The highest BCUT2D eigenvalue weighted by Gasteiger charge is 2.24. The Bertz CT molecular complexity index is 506. The number of likely N-dealkylation sites (N-methyl/N-ethyl adjacent to an activating group) is 1. The molecule has 0 aromatic carbocycles. The summed E-state index contributed by atoms with van der Waals surface area (Å²) in [5.41, 5.74) is 0. The van der Waals surface area contributed by atoms with E-state index in [-0.39, 0.29) is 12.4 Å². The number of ether oxygens (including phenoxy) is 1. The van der Waals surface area contributed by atoms with Crippen molar-refractivity contribution in [2.45, 2.75) is 96.5 Å². The quantitative estimate of drug-likeness (QED) is 0.121. The van der Waals surface area contributed by atoms with Gasteiger partial charge in [-0.25, -0.2) is 0 Å². The third kappa shape index (κ3) is 21.1. The molecule has 30 heavy (non-hydrogen) atoms. The van der Waals surface area contributed by atoms with E-state index in [9.17, 15) is 9.59 Å². The molecule has 0 unspecified atom stereocenters. The first-order valence-electron chi connectivity index (χ1n) is 11.8. The van der Waals surface area contributed by atoms with Crippen LogP contribution in [0, 0.1) is 0 Å². The van der Waals surface area contributed by atoms with Gasteiger partial charge < -0.3 is 14.3 Å². The van der Waals surface area contributed by atoms with Gasteiger partial charge in [0, 0.05) is 6.42 Å². The molecule has 0 aromatic heterocycles. The van der Waals surface area contributed by atoms with Gasteiger partial charge in [-0.3, -0.25) is 9.59 Å². The number of esters is 1. The minimum absolute atomic E-state index is 0.135. The molecule has 0 saturated heterocycles. The number of carboxylic acids is 1. The molecule has 1 N–H and O–H groups in total. The largest absolute Gasteiger partial charge is 0.481 e. The molecule has 0 saturated carbocycles. The Morgan fingerprint density at radius 3 is 2.00 bits per heavy atom. The zero-order chi connectivity index (χ0) is 22.7. The van der Waals surface area contributed by atoms with E-state index < -0.39 is 12.1 Å². The number of aliphatic carboxylic acids is 1. The topological polar surface area (TPSA) is 63.6 Å². The number of rotatable bonds is 19. The third-order valence-electron chi connectivity index (χ3n) is 4.78. The fraction of sp³-hybridized carbons (Fsp3) is 0.760. The van der Waals surface area contributed by atoms with Crippen LogP contribution < -0.4 is 0 Å². The standard InChI is InChI=1S/C25H45NO4/c1-5-6-7-8-9-10-11-12-13-14-15-16-17-18-19-20-25(29)30-23(21-24(27)28)22-26(2,3)4/h9-10,12-13,23H,5-8,11,14-22H2,1-4H3/p+1/b10-9+,13-12+/t23-/m1/s1. The van der Waals surface area contributed by atoms with Crippen LogP contribution in [0.2, 0.25) is 0 Å². The smallest absolute Gasteiger partial charge is 0.307 e. The van der Waals surface area contributed by atoms with Crippen molar-refractivity contribution in [2.24, 2.45) is 0 Å². The molecule has 5 heteroatoms. The molecule has 5 nitrogen and oxygen atoms in total. The summed E-state index contributed by atoms with van der Waals surface area (Å²) in [7, 11) is 5.88. The number of nitrogens with zero attached hydrogens (tertiary/aromatic N) is 1. The van der Waals surface area contributed by atoms with Crippen LogP contribution in [0.25, 0.3) is 0 Å². The Morgan fingerprint density at radius 1 is 0.867 bits per heavy atom. The van der Waals surface area contributed by atoms with Gasteiger partial charge in [-0.1, -0.05) is 63.3 Å². The lowest BCUT2D eigenvalue weighted by Gasteiger charge is -2.28. The molecular formula is C25H46NO4+. The summed E-state index contributed by atoms with van der Waals surface area (Å²) in [6, 6.07) is 0.